The number of pyridine rings is 1. The van der Waals surface area contributed by atoms with Crippen molar-refractivity contribution < 1.29 is 9.50 Å². The molecular formula is C10H7ClFNO. The van der Waals surface area contributed by atoms with Gasteiger partial charge in [0.2, 0.25) is 0 Å². The van der Waals surface area contributed by atoms with Gasteiger partial charge in [0, 0.05) is 17.5 Å². The van der Waals surface area contributed by atoms with Crippen LogP contribution in [-0.2, 0) is 0 Å². The summed E-state index contributed by atoms with van der Waals surface area (Å²) in [6.07, 6.45) is 0. The summed E-state index contributed by atoms with van der Waals surface area (Å²) in [6.45, 7) is 1.73. The van der Waals surface area contributed by atoms with Gasteiger partial charge in [-0.2, -0.15) is 0 Å². The summed E-state index contributed by atoms with van der Waals surface area (Å²) in [4.78, 5) is 4.06. The van der Waals surface area contributed by atoms with Crippen molar-refractivity contribution >= 4 is 22.5 Å². The van der Waals surface area contributed by atoms with Gasteiger partial charge in [0.05, 0.1) is 16.2 Å². The van der Waals surface area contributed by atoms with Gasteiger partial charge in [-0.1, -0.05) is 11.6 Å². The third-order valence-corrected chi connectivity index (χ3v) is 2.38. The van der Waals surface area contributed by atoms with Gasteiger partial charge < -0.3 is 5.11 Å². The fourth-order valence-electron chi connectivity index (χ4n) is 1.29. The van der Waals surface area contributed by atoms with Crippen molar-refractivity contribution in [1.29, 1.82) is 0 Å². The minimum absolute atomic E-state index is 0.135. The number of benzene rings is 1. The predicted octanol–water partition coefficient (Wildman–Crippen LogP) is 3.04. The first-order valence-corrected chi connectivity index (χ1v) is 4.41. The average molecular weight is 212 g/mol. The van der Waals surface area contributed by atoms with E-state index in [-0.39, 0.29) is 5.75 Å². The molecule has 1 aromatic heterocycles. The fourth-order valence-corrected chi connectivity index (χ4v) is 1.44. The van der Waals surface area contributed by atoms with E-state index in [2.05, 4.69) is 4.98 Å². The number of phenolic OH excluding ortho intramolecular Hbond substituents is 1. The lowest BCUT2D eigenvalue weighted by Crippen LogP contribution is -1.88. The number of aromatic nitrogens is 1. The molecule has 4 heteroatoms. The topological polar surface area (TPSA) is 33.1 Å². The molecule has 0 aliphatic heterocycles. The van der Waals surface area contributed by atoms with E-state index in [0.29, 0.717) is 21.6 Å². The number of halogens is 2. The van der Waals surface area contributed by atoms with E-state index in [4.69, 9.17) is 16.7 Å². The smallest absolute Gasteiger partial charge is 0.136 e. The van der Waals surface area contributed by atoms with Crippen molar-refractivity contribution in [2.45, 2.75) is 6.92 Å². The molecule has 0 bridgehead atoms. The number of rotatable bonds is 0. The first kappa shape index (κ1) is 9.21. The van der Waals surface area contributed by atoms with Gasteiger partial charge in [-0.05, 0) is 13.0 Å². The fraction of sp³-hybridized carbons (Fsp3) is 0.100. The first-order valence-electron chi connectivity index (χ1n) is 4.03. The maximum Gasteiger partial charge on any atom is 0.136 e. The van der Waals surface area contributed by atoms with Crippen LogP contribution in [0.25, 0.3) is 10.9 Å². The Morgan fingerprint density at radius 1 is 1.36 bits per heavy atom. The molecule has 72 valence electrons. The number of phenols is 1. The van der Waals surface area contributed by atoms with E-state index >= 15 is 0 Å². The summed E-state index contributed by atoms with van der Waals surface area (Å²) in [5, 5.41) is 9.89. The number of hydrogen-bond acceptors (Lipinski definition) is 2. The molecule has 0 aliphatic rings. The highest BCUT2D eigenvalue weighted by atomic mass is 35.5. The van der Waals surface area contributed by atoms with E-state index in [1.165, 1.54) is 12.1 Å². The molecule has 0 fully saturated rings. The minimum atomic E-state index is -0.519. The Kier molecular flexibility index (Phi) is 2.04. The molecule has 1 aromatic carbocycles. The van der Waals surface area contributed by atoms with Crippen molar-refractivity contribution in [2.75, 3.05) is 0 Å². The third-order valence-electron chi connectivity index (χ3n) is 2.00. The average Bonchev–Trinajstić information content (AvgIpc) is 2.08. The van der Waals surface area contributed by atoms with Crippen molar-refractivity contribution in [3.8, 4) is 5.75 Å². The monoisotopic (exact) mass is 211 g/mol. The second kappa shape index (κ2) is 3.10. The standard InChI is InChI=1S/C10H7ClFNO/c1-5-8(11)4-7-9(12)2-6(14)3-10(7)13-5/h2-4,14H,1H3. The normalized spacial score (nSPS) is 10.8. The van der Waals surface area contributed by atoms with Crippen molar-refractivity contribution in [2.24, 2.45) is 0 Å². The van der Waals surface area contributed by atoms with E-state index in [9.17, 15) is 4.39 Å². The van der Waals surface area contributed by atoms with Crippen LogP contribution in [0, 0.1) is 12.7 Å². The Bertz CT molecular complexity index is 513. The maximum atomic E-state index is 13.3. The highest BCUT2D eigenvalue weighted by Gasteiger charge is 2.07. The van der Waals surface area contributed by atoms with Crippen LogP contribution in [-0.4, -0.2) is 10.1 Å². The summed E-state index contributed by atoms with van der Waals surface area (Å²) in [6, 6.07) is 3.95. The van der Waals surface area contributed by atoms with Crippen LogP contribution >= 0.6 is 11.6 Å². The van der Waals surface area contributed by atoms with Crippen LogP contribution in [0.5, 0.6) is 5.75 Å². The zero-order valence-corrected chi connectivity index (χ0v) is 8.14. The van der Waals surface area contributed by atoms with Crippen LogP contribution < -0.4 is 0 Å². The van der Waals surface area contributed by atoms with Crippen LogP contribution in [0.3, 0.4) is 0 Å². The Labute approximate surface area is 85.0 Å². The van der Waals surface area contributed by atoms with E-state index in [0.717, 1.165) is 6.07 Å². The van der Waals surface area contributed by atoms with Gasteiger partial charge in [-0.3, -0.25) is 4.98 Å². The molecule has 2 rings (SSSR count). The highest BCUT2D eigenvalue weighted by Crippen LogP contribution is 2.26. The Morgan fingerprint density at radius 3 is 2.79 bits per heavy atom. The van der Waals surface area contributed by atoms with Gasteiger partial charge in [0.15, 0.2) is 0 Å². The van der Waals surface area contributed by atoms with Gasteiger partial charge in [0.25, 0.3) is 0 Å². The predicted molar refractivity (Wildman–Crippen MR) is 53.1 cm³/mol. The highest BCUT2D eigenvalue weighted by molar-refractivity contribution is 6.31. The lowest BCUT2D eigenvalue weighted by molar-refractivity contribution is 0.470. The summed E-state index contributed by atoms with van der Waals surface area (Å²) >= 11 is 5.81. The summed E-state index contributed by atoms with van der Waals surface area (Å²) in [5.41, 5.74) is 1.02. The summed E-state index contributed by atoms with van der Waals surface area (Å²) in [5.74, 6) is -0.654. The summed E-state index contributed by atoms with van der Waals surface area (Å²) in [7, 11) is 0. The number of hydrogen-bond donors (Lipinski definition) is 1. The second-order valence-electron chi connectivity index (χ2n) is 3.05. The molecule has 2 aromatic rings. The molecule has 0 spiro atoms. The molecule has 0 unspecified atom stereocenters. The minimum Gasteiger partial charge on any atom is -0.508 e. The molecule has 0 saturated heterocycles. The van der Waals surface area contributed by atoms with Crippen molar-refractivity contribution in [1.82, 2.24) is 4.98 Å². The van der Waals surface area contributed by atoms with Gasteiger partial charge >= 0.3 is 0 Å². The third kappa shape index (κ3) is 1.40. The first-order chi connectivity index (χ1) is 6.58. The SMILES string of the molecule is Cc1nc2cc(O)cc(F)c2cc1Cl. The largest absolute Gasteiger partial charge is 0.508 e. The zero-order chi connectivity index (χ0) is 10.3. The molecule has 0 amide bonds. The molecule has 1 N–H and O–H groups in total. The quantitative estimate of drug-likeness (QED) is 0.727. The Balaban J connectivity index is 2.89. The van der Waals surface area contributed by atoms with Crippen molar-refractivity contribution in [3.05, 3.63) is 34.7 Å². The van der Waals surface area contributed by atoms with Gasteiger partial charge in [0.1, 0.15) is 11.6 Å². The van der Waals surface area contributed by atoms with Crippen LogP contribution in [0.2, 0.25) is 5.02 Å². The van der Waals surface area contributed by atoms with Gasteiger partial charge in [-0.25, -0.2) is 4.39 Å². The maximum absolute atomic E-state index is 13.3. The molecule has 0 radical (unpaired) electrons. The molecule has 0 saturated carbocycles. The molecular weight excluding hydrogens is 205 g/mol. The van der Waals surface area contributed by atoms with Gasteiger partial charge in [-0.15, -0.1) is 0 Å². The number of aromatic hydroxyl groups is 1. The Hall–Kier alpha value is -1.35. The van der Waals surface area contributed by atoms with Crippen LogP contribution in [0.15, 0.2) is 18.2 Å². The Morgan fingerprint density at radius 2 is 2.07 bits per heavy atom. The molecule has 2 nitrogen and oxygen atoms in total. The number of nitrogens with zero attached hydrogens (tertiary/aromatic N) is 1. The second-order valence-corrected chi connectivity index (χ2v) is 3.46. The van der Waals surface area contributed by atoms with Crippen LogP contribution in [0.1, 0.15) is 5.69 Å². The molecule has 0 aliphatic carbocycles. The van der Waals surface area contributed by atoms with Crippen LogP contribution in [0.4, 0.5) is 4.39 Å². The molecule has 0 atom stereocenters. The van der Waals surface area contributed by atoms with Crippen molar-refractivity contribution in [3.63, 3.8) is 0 Å². The lowest BCUT2D eigenvalue weighted by atomic mass is 10.2. The van der Waals surface area contributed by atoms with E-state index in [1.54, 1.807) is 6.92 Å². The zero-order valence-electron chi connectivity index (χ0n) is 7.38. The molecule has 1 heterocycles. The molecule has 14 heavy (non-hydrogen) atoms. The van der Waals surface area contributed by atoms with E-state index < -0.39 is 5.82 Å². The summed E-state index contributed by atoms with van der Waals surface area (Å²) < 4.78 is 13.3. The number of fused-ring (bicyclic) bond motifs is 1. The van der Waals surface area contributed by atoms with E-state index in [1.807, 2.05) is 0 Å². The lowest BCUT2D eigenvalue weighted by Gasteiger charge is -2.03. The number of aryl methyl sites for hydroxylation is 1.